The Hall–Kier alpha value is -1.76. The number of anilines is 1. The molecule has 21 heavy (non-hydrogen) atoms. The van der Waals surface area contributed by atoms with Crippen LogP contribution in [-0.2, 0) is 0 Å². The van der Waals surface area contributed by atoms with Crippen molar-refractivity contribution >= 4 is 34.1 Å². The first-order chi connectivity index (χ1) is 10.2. The predicted octanol–water partition coefficient (Wildman–Crippen LogP) is 3.70. The molecule has 0 bridgehead atoms. The Morgan fingerprint density at radius 2 is 1.86 bits per heavy atom. The van der Waals surface area contributed by atoms with E-state index in [-0.39, 0.29) is 12.6 Å². The van der Waals surface area contributed by atoms with E-state index in [9.17, 15) is 4.79 Å². The van der Waals surface area contributed by atoms with Crippen LogP contribution in [0.5, 0.6) is 11.5 Å². The van der Waals surface area contributed by atoms with Crippen molar-refractivity contribution in [1.82, 2.24) is 0 Å². The second-order valence-electron chi connectivity index (χ2n) is 4.67. The van der Waals surface area contributed by atoms with Crippen LogP contribution in [0.25, 0.3) is 0 Å². The summed E-state index contributed by atoms with van der Waals surface area (Å²) < 4.78 is 11.7. The van der Waals surface area contributed by atoms with Crippen LogP contribution in [-0.4, -0.2) is 19.1 Å². The average molecular weight is 395 g/mol. The topological polar surface area (TPSA) is 47.6 Å². The van der Waals surface area contributed by atoms with E-state index in [0.717, 1.165) is 5.69 Å². The van der Waals surface area contributed by atoms with E-state index >= 15 is 0 Å². The second-order valence-corrected chi connectivity index (χ2v) is 5.92. The molecule has 1 heterocycles. The zero-order chi connectivity index (χ0) is 14.7. The third kappa shape index (κ3) is 3.47. The summed E-state index contributed by atoms with van der Waals surface area (Å²) in [5, 5.41) is 3.24. The van der Waals surface area contributed by atoms with Gasteiger partial charge in [-0.3, -0.25) is 4.79 Å². The van der Waals surface area contributed by atoms with E-state index in [1.54, 1.807) is 18.2 Å². The fraction of sp³-hybridized carbons (Fsp3) is 0.188. The molecule has 0 unspecified atom stereocenters. The van der Waals surface area contributed by atoms with Crippen LogP contribution >= 0.6 is 22.6 Å². The quantitative estimate of drug-likeness (QED) is 0.620. The minimum atomic E-state index is 0.0892. The molecule has 1 N–H and O–H groups in total. The minimum Gasteiger partial charge on any atom is -0.454 e. The maximum absolute atomic E-state index is 12.2. The average Bonchev–Trinajstić information content (AvgIpc) is 2.96. The number of hydrogen-bond donors (Lipinski definition) is 1. The normalized spacial score (nSPS) is 12.2. The molecule has 108 valence electrons. The summed E-state index contributed by atoms with van der Waals surface area (Å²) in [6, 6.07) is 13.4. The van der Waals surface area contributed by atoms with Gasteiger partial charge in [-0.05, 0) is 65.1 Å². The molecule has 2 aromatic carbocycles. The zero-order valence-corrected chi connectivity index (χ0v) is 13.4. The van der Waals surface area contributed by atoms with E-state index in [2.05, 4.69) is 27.9 Å². The van der Waals surface area contributed by atoms with Crippen molar-refractivity contribution in [2.75, 3.05) is 18.7 Å². The van der Waals surface area contributed by atoms with Gasteiger partial charge in [0, 0.05) is 27.8 Å². The number of ketones is 1. The van der Waals surface area contributed by atoms with Gasteiger partial charge in [0.25, 0.3) is 0 Å². The summed E-state index contributed by atoms with van der Waals surface area (Å²) in [6.07, 6.45) is 0.436. The molecule has 2 aromatic rings. The summed E-state index contributed by atoms with van der Waals surface area (Å²) in [5.41, 5.74) is 1.68. The van der Waals surface area contributed by atoms with Crippen LogP contribution in [0.3, 0.4) is 0 Å². The van der Waals surface area contributed by atoms with Gasteiger partial charge in [-0.25, -0.2) is 0 Å². The van der Waals surface area contributed by atoms with Crippen molar-refractivity contribution in [1.29, 1.82) is 0 Å². The van der Waals surface area contributed by atoms with Gasteiger partial charge in [0.05, 0.1) is 0 Å². The summed E-state index contributed by atoms with van der Waals surface area (Å²) in [5.74, 6) is 1.43. The SMILES string of the molecule is O=C(CCNc1ccc(I)cc1)c1ccc2c(c1)OCO2. The molecule has 1 aliphatic heterocycles. The first-order valence-electron chi connectivity index (χ1n) is 6.65. The number of hydrogen-bond acceptors (Lipinski definition) is 4. The van der Waals surface area contributed by atoms with Gasteiger partial charge in [0.2, 0.25) is 6.79 Å². The third-order valence-electron chi connectivity index (χ3n) is 3.22. The first-order valence-corrected chi connectivity index (χ1v) is 7.72. The number of nitrogens with one attached hydrogen (secondary N) is 1. The Bertz CT molecular complexity index is 655. The van der Waals surface area contributed by atoms with Gasteiger partial charge in [0.15, 0.2) is 17.3 Å². The highest BCUT2D eigenvalue weighted by atomic mass is 127. The summed E-state index contributed by atoms with van der Waals surface area (Å²) in [7, 11) is 0. The lowest BCUT2D eigenvalue weighted by Crippen LogP contribution is -2.08. The van der Waals surface area contributed by atoms with Crippen LogP contribution in [0.1, 0.15) is 16.8 Å². The summed E-state index contributed by atoms with van der Waals surface area (Å²) in [6.45, 7) is 0.829. The number of halogens is 1. The molecule has 0 aromatic heterocycles. The third-order valence-corrected chi connectivity index (χ3v) is 3.94. The molecular formula is C16H14INO3. The van der Waals surface area contributed by atoms with E-state index in [1.165, 1.54) is 3.57 Å². The monoisotopic (exact) mass is 395 g/mol. The Labute approximate surface area is 136 Å². The molecular weight excluding hydrogens is 381 g/mol. The number of rotatable bonds is 5. The molecule has 4 nitrogen and oxygen atoms in total. The highest BCUT2D eigenvalue weighted by Crippen LogP contribution is 2.32. The minimum absolute atomic E-state index is 0.0892. The van der Waals surface area contributed by atoms with E-state index in [0.29, 0.717) is 30.0 Å². The summed E-state index contributed by atoms with van der Waals surface area (Å²) in [4.78, 5) is 12.2. The number of carbonyl (C=O) groups excluding carboxylic acids is 1. The number of ether oxygens (including phenoxy) is 2. The van der Waals surface area contributed by atoms with E-state index < -0.39 is 0 Å². The Kier molecular flexibility index (Phi) is 4.28. The Morgan fingerprint density at radius 3 is 2.67 bits per heavy atom. The maximum Gasteiger partial charge on any atom is 0.231 e. The summed E-state index contributed by atoms with van der Waals surface area (Å²) >= 11 is 2.26. The molecule has 0 aliphatic carbocycles. The maximum atomic E-state index is 12.2. The van der Waals surface area contributed by atoms with Gasteiger partial charge in [-0.15, -0.1) is 0 Å². The van der Waals surface area contributed by atoms with Gasteiger partial charge < -0.3 is 14.8 Å². The molecule has 0 spiro atoms. The van der Waals surface area contributed by atoms with Crippen molar-refractivity contribution in [3.63, 3.8) is 0 Å². The first kappa shape index (κ1) is 14.2. The lowest BCUT2D eigenvalue weighted by atomic mass is 10.1. The highest BCUT2D eigenvalue weighted by molar-refractivity contribution is 14.1. The molecule has 3 rings (SSSR count). The smallest absolute Gasteiger partial charge is 0.231 e. The molecule has 1 aliphatic rings. The molecule has 0 radical (unpaired) electrons. The number of fused-ring (bicyclic) bond motifs is 1. The molecule has 0 fully saturated rings. The van der Waals surface area contributed by atoms with Crippen LogP contribution < -0.4 is 14.8 Å². The lowest BCUT2D eigenvalue weighted by molar-refractivity contribution is 0.0986. The zero-order valence-electron chi connectivity index (χ0n) is 11.3. The van der Waals surface area contributed by atoms with Gasteiger partial charge in [0.1, 0.15) is 0 Å². The van der Waals surface area contributed by atoms with E-state index in [1.807, 2.05) is 24.3 Å². The number of benzene rings is 2. The lowest BCUT2D eigenvalue weighted by Gasteiger charge is -2.06. The molecule has 0 atom stereocenters. The van der Waals surface area contributed by atoms with Crippen molar-refractivity contribution in [3.05, 3.63) is 51.6 Å². The van der Waals surface area contributed by atoms with Crippen LogP contribution in [0, 0.1) is 3.57 Å². The molecule has 5 heteroatoms. The molecule has 0 saturated heterocycles. The van der Waals surface area contributed by atoms with E-state index in [4.69, 9.17) is 9.47 Å². The standard InChI is InChI=1S/C16H14INO3/c17-12-2-4-13(5-3-12)18-8-7-14(19)11-1-6-15-16(9-11)21-10-20-15/h1-6,9,18H,7-8,10H2. The van der Waals surface area contributed by atoms with Gasteiger partial charge in [-0.2, -0.15) is 0 Å². The van der Waals surface area contributed by atoms with Crippen molar-refractivity contribution < 1.29 is 14.3 Å². The van der Waals surface area contributed by atoms with Crippen LogP contribution in [0.4, 0.5) is 5.69 Å². The van der Waals surface area contributed by atoms with Gasteiger partial charge >= 0.3 is 0 Å². The van der Waals surface area contributed by atoms with Crippen LogP contribution in [0.2, 0.25) is 0 Å². The molecule has 0 amide bonds. The molecule has 0 saturated carbocycles. The van der Waals surface area contributed by atoms with Crippen molar-refractivity contribution in [2.45, 2.75) is 6.42 Å². The van der Waals surface area contributed by atoms with Crippen LogP contribution in [0.15, 0.2) is 42.5 Å². The van der Waals surface area contributed by atoms with Gasteiger partial charge in [-0.1, -0.05) is 0 Å². The number of Topliss-reactive ketones (excluding diaryl/α,β-unsaturated/α-hetero) is 1. The highest BCUT2D eigenvalue weighted by Gasteiger charge is 2.15. The van der Waals surface area contributed by atoms with Crippen molar-refractivity contribution in [2.24, 2.45) is 0 Å². The number of carbonyl (C=O) groups is 1. The Morgan fingerprint density at radius 1 is 1.10 bits per heavy atom. The Balaban J connectivity index is 1.55. The fourth-order valence-electron chi connectivity index (χ4n) is 2.10. The van der Waals surface area contributed by atoms with Crippen molar-refractivity contribution in [3.8, 4) is 11.5 Å². The largest absolute Gasteiger partial charge is 0.454 e. The second kappa shape index (κ2) is 6.34. The fourth-order valence-corrected chi connectivity index (χ4v) is 2.46. The predicted molar refractivity (Wildman–Crippen MR) is 89.2 cm³/mol.